The van der Waals surface area contributed by atoms with Crippen LogP contribution in [0.4, 0.5) is 0 Å². The molecule has 0 saturated carbocycles. The number of allylic oxidation sites excluding steroid dienone is 1. The van der Waals surface area contributed by atoms with E-state index in [1.54, 1.807) is 0 Å². The summed E-state index contributed by atoms with van der Waals surface area (Å²) in [5.74, 6) is 0.0204. The van der Waals surface area contributed by atoms with E-state index in [0.717, 1.165) is 19.3 Å². The monoisotopic (exact) mass is 498 g/mol. The van der Waals surface area contributed by atoms with Crippen LogP contribution in [0, 0.1) is 5.92 Å². The van der Waals surface area contributed by atoms with Crippen molar-refractivity contribution < 1.29 is 68.5 Å². The van der Waals surface area contributed by atoms with Gasteiger partial charge in [0.25, 0.3) is 0 Å². The molecule has 0 aromatic carbocycles. The van der Waals surface area contributed by atoms with Crippen LogP contribution in [0.15, 0.2) is 12.2 Å². The first kappa shape index (κ1) is 35.4. The van der Waals surface area contributed by atoms with Crippen LogP contribution in [0.5, 0.6) is 0 Å². The fourth-order valence-electron chi connectivity index (χ4n) is 3.98. The van der Waals surface area contributed by atoms with Crippen molar-refractivity contribution in [3.63, 3.8) is 0 Å². The van der Waals surface area contributed by atoms with Gasteiger partial charge in [-0.3, -0.25) is 4.18 Å². The van der Waals surface area contributed by atoms with Crippen molar-refractivity contribution in [1.82, 2.24) is 0 Å². The van der Waals surface area contributed by atoms with E-state index in [1.165, 1.54) is 109 Å². The third kappa shape index (κ3) is 29.3. The van der Waals surface area contributed by atoms with Crippen LogP contribution in [0.3, 0.4) is 0 Å². The molecule has 1 unspecified atom stereocenters. The second-order valence-electron chi connectivity index (χ2n) is 9.12. The van der Waals surface area contributed by atoms with E-state index in [9.17, 15) is 13.0 Å². The summed E-state index contributed by atoms with van der Waals surface area (Å²) in [5.41, 5.74) is 0. The summed E-state index contributed by atoms with van der Waals surface area (Å²) in [5, 5.41) is 0. The van der Waals surface area contributed by atoms with Crippen LogP contribution in [-0.4, -0.2) is 19.6 Å². The fourth-order valence-corrected chi connectivity index (χ4v) is 4.33. The predicted octanol–water partition coefficient (Wildman–Crippen LogP) is 5.48. The normalized spacial score (nSPS) is 12.8. The Bertz CT molecular complexity index is 494. The van der Waals surface area contributed by atoms with Gasteiger partial charge >= 0.3 is 51.4 Å². The molecule has 0 radical (unpaired) electrons. The van der Waals surface area contributed by atoms with Crippen LogP contribution >= 0.6 is 0 Å². The van der Waals surface area contributed by atoms with Crippen LogP contribution < -0.4 is 51.4 Å². The number of hydrogen-bond donors (Lipinski definition) is 0. The van der Waals surface area contributed by atoms with Crippen molar-refractivity contribution in [2.45, 2.75) is 142 Å². The number of unbranched alkanes of at least 4 members (excludes halogenated alkanes) is 17. The second kappa shape index (κ2) is 26.8. The van der Waals surface area contributed by atoms with Gasteiger partial charge in [-0.2, -0.15) is 0 Å². The van der Waals surface area contributed by atoms with Gasteiger partial charge in [0.15, 0.2) is 0 Å². The maximum atomic E-state index is 10.8. The van der Waals surface area contributed by atoms with Gasteiger partial charge in [0.1, 0.15) is 0 Å². The molecular formula is C26H51KO4S. The van der Waals surface area contributed by atoms with Gasteiger partial charge in [-0.05, 0) is 19.3 Å². The number of hydrogen-bond acceptors (Lipinski definition) is 4. The van der Waals surface area contributed by atoms with Crippen molar-refractivity contribution in [1.29, 1.82) is 0 Å². The molecule has 0 aliphatic carbocycles. The molecule has 0 amide bonds. The van der Waals surface area contributed by atoms with E-state index < -0.39 is 10.4 Å². The Morgan fingerprint density at radius 2 is 1.09 bits per heavy atom. The molecule has 1 atom stereocenters. The zero-order chi connectivity index (χ0) is 23.0. The summed E-state index contributed by atoms with van der Waals surface area (Å²) in [4.78, 5) is 0. The zero-order valence-corrected chi connectivity index (χ0v) is 25.6. The van der Waals surface area contributed by atoms with Crippen molar-refractivity contribution in [3.8, 4) is 0 Å². The third-order valence-electron chi connectivity index (χ3n) is 5.99. The van der Waals surface area contributed by atoms with Crippen molar-refractivity contribution in [2.24, 2.45) is 5.92 Å². The minimum atomic E-state index is -4.61. The van der Waals surface area contributed by atoms with E-state index in [1.807, 2.05) is 0 Å². The van der Waals surface area contributed by atoms with Gasteiger partial charge in [-0.1, -0.05) is 135 Å². The Kier molecular flexibility index (Phi) is 29.7. The first-order valence-corrected chi connectivity index (χ1v) is 14.6. The largest absolute Gasteiger partial charge is 1.00 e. The van der Waals surface area contributed by atoms with Gasteiger partial charge in [-0.25, -0.2) is 8.42 Å². The topological polar surface area (TPSA) is 66.4 Å². The average Bonchev–Trinajstić information content (AvgIpc) is 2.73. The minimum absolute atomic E-state index is 0. The molecule has 0 saturated heterocycles. The summed E-state index contributed by atoms with van der Waals surface area (Å²) in [6, 6.07) is 0. The number of rotatable bonds is 24. The molecule has 0 rings (SSSR count). The van der Waals surface area contributed by atoms with Gasteiger partial charge in [-0.15, -0.1) is 0 Å². The molecule has 0 aromatic heterocycles. The molecule has 32 heavy (non-hydrogen) atoms. The SMILES string of the molecule is CCCCCCC/C=C/C(CCCCCCCCCCCCCCC)COS(=O)(=O)[O-].[K+]. The molecule has 0 aliphatic heterocycles. The van der Waals surface area contributed by atoms with E-state index >= 15 is 0 Å². The summed E-state index contributed by atoms with van der Waals surface area (Å²) in [6.07, 6.45) is 29.4. The van der Waals surface area contributed by atoms with Crippen molar-refractivity contribution in [2.75, 3.05) is 6.61 Å². The summed E-state index contributed by atoms with van der Waals surface area (Å²) in [7, 11) is -4.61. The van der Waals surface area contributed by atoms with Gasteiger partial charge < -0.3 is 4.55 Å². The molecular weight excluding hydrogens is 447 g/mol. The molecule has 4 nitrogen and oxygen atoms in total. The molecule has 6 heteroatoms. The molecule has 0 aliphatic rings. The Morgan fingerprint density at radius 3 is 1.53 bits per heavy atom. The standard InChI is InChI=1S/C26H52O4S.K/c1-3-5-7-9-11-12-13-14-15-16-18-20-22-24-26(25-30-31(27,28)29)23-21-19-17-10-8-6-4-2;/h21,23,26H,3-20,22,24-25H2,1-2H3,(H,27,28,29);/q;+1/p-1/b23-21+;. The summed E-state index contributed by atoms with van der Waals surface area (Å²) >= 11 is 0. The predicted molar refractivity (Wildman–Crippen MR) is 132 cm³/mol. The molecule has 0 bridgehead atoms. The Hall–Kier alpha value is 1.25. The smallest absolute Gasteiger partial charge is 0.726 e. The van der Waals surface area contributed by atoms with Crippen LogP contribution in [0.25, 0.3) is 0 Å². The van der Waals surface area contributed by atoms with Gasteiger partial charge in [0.2, 0.25) is 10.4 Å². The maximum Gasteiger partial charge on any atom is 1.00 e. The molecule has 0 spiro atoms. The fraction of sp³-hybridized carbons (Fsp3) is 0.923. The first-order chi connectivity index (χ1) is 15.0. The second-order valence-corrected chi connectivity index (χ2v) is 10.2. The van der Waals surface area contributed by atoms with Crippen LogP contribution in [0.1, 0.15) is 142 Å². The maximum absolute atomic E-state index is 10.8. The molecule has 0 heterocycles. The molecule has 0 aromatic rings. The van der Waals surface area contributed by atoms with Crippen LogP contribution in [-0.2, 0) is 14.6 Å². The average molecular weight is 499 g/mol. The van der Waals surface area contributed by atoms with Gasteiger partial charge in [0, 0.05) is 5.92 Å². The first-order valence-electron chi connectivity index (χ1n) is 13.3. The van der Waals surface area contributed by atoms with Crippen molar-refractivity contribution >= 4 is 10.4 Å². The summed E-state index contributed by atoms with van der Waals surface area (Å²) < 4.78 is 36.9. The Morgan fingerprint density at radius 1 is 0.688 bits per heavy atom. The Balaban J connectivity index is 0. The zero-order valence-electron chi connectivity index (χ0n) is 21.6. The molecule has 0 fully saturated rings. The summed E-state index contributed by atoms with van der Waals surface area (Å²) in [6.45, 7) is 4.46. The quantitative estimate of drug-likeness (QED) is 0.0581. The molecule has 186 valence electrons. The Labute approximate surface area is 243 Å². The van der Waals surface area contributed by atoms with E-state index in [-0.39, 0.29) is 63.9 Å². The van der Waals surface area contributed by atoms with Crippen LogP contribution in [0.2, 0.25) is 0 Å². The van der Waals surface area contributed by atoms with E-state index in [2.05, 4.69) is 30.2 Å². The minimum Gasteiger partial charge on any atom is -0.726 e. The van der Waals surface area contributed by atoms with E-state index in [4.69, 9.17) is 0 Å². The molecule has 0 N–H and O–H groups in total. The van der Waals surface area contributed by atoms with Gasteiger partial charge in [0.05, 0.1) is 6.61 Å². The van der Waals surface area contributed by atoms with Crippen molar-refractivity contribution in [3.05, 3.63) is 12.2 Å². The van der Waals surface area contributed by atoms with E-state index in [0.29, 0.717) is 0 Å². The third-order valence-corrected chi connectivity index (χ3v) is 6.41.